The molecule has 3 N–H and O–H groups in total. The van der Waals surface area contributed by atoms with Gasteiger partial charge in [0.25, 0.3) is 5.91 Å². The van der Waals surface area contributed by atoms with Crippen LogP contribution in [0.2, 0.25) is 0 Å². The van der Waals surface area contributed by atoms with E-state index in [1.54, 1.807) is 55.5 Å². The minimum Gasteiger partial charge on any atom is -0.481 e. The average molecular weight is 424 g/mol. The molecule has 8 heteroatoms. The van der Waals surface area contributed by atoms with Gasteiger partial charge in [-0.3, -0.25) is 9.59 Å². The molecule has 154 valence electrons. The molecule has 0 aliphatic carbocycles. The minimum absolute atomic E-state index is 0.0464. The Balaban J connectivity index is 1.60. The second kappa shape index (κ2) is 8.89. The maximum atomic E-state index is 12.4. The number of rotatable bonds is 7. The van der Waals surface area contributed by atoms with Crippen LogP contribution in [0.5, 0.6) is 5.75 Å². The van der Waals surface area contributed by atoms with E-state index >= 15 is 0 Å². The van der Waals surface area contributed by atoms with Crippen LogP contribution in [0, 0.1) is 0 Å². The molecule has 0 heterocycles. The molecule has 3 aromatic rings. The van der Waals surface area contributed by atoms with E-state index in [2.05, 4.69) is 5.32 Å². The van der Waals surface area contributed by atoms with Crippen LogP contribution >= 0.6 is 0 Å². The highest BCUT2D eigenvalue weighted by Crippen LogP contribution is 2.18. The highest BCUT2D eigenvalue weighted by Gasteiger charge is 2.16. The van der Waals surface area contributed by atoms with E-state index in [4.69, 9.17) is 9.88 Å². The summed E-state index contributed by atoms with van der Waals surface area (Å²) in [6, 6.07) is 20.9. The van der Waals surface area contributed by atoms with Crippen LogP contribution in [-0.2, 0) is 14.8 Å². The van der Waals surface area contributed by atoms with Gasteiger partial charge in [-0.1, -0.05) is 30.3 Å². The van der Waals surface area contributed by atoms with Gasteiger partial charge < -0.3 is 10.1 Å². The molecule has 3 aromatic carbocycles. The molecule has 30 heavy (non-hydrogen) atoms. The second-order valence-corrected chi connectivity index (χ2v) is 8.10. The first-order valence-corrected chi connectivity index (χ1v) is 10.6. The summed E-state index contributed by atoms with van der Waals surface area (Å²) in [6.45, 7) is 1.58. The first kappa shape index (κ1) is 21.2. The topological polar surface area (TPSA) is 116 Å². The SMILES string of the molecule is C[C@@H](Oc1ccc(C(=O)c2ccccc2)cc1)C(=O)Nc1ccc(S(N)(=O)=O)cc1. The van der Waals surface area contributed by atoms with Crippen LogP contribution in [0.1, 0.15) is 22.8 Å². The van der Waals surface area contributed by atoms with E-state index in [0.29, 0.717) is 22.6 Å². The van der Waals surface area contributed by atoms with Crippen molar-refractivity contribution in [3.8, 4) is 5.75 Å². The summed E-state index contributed by atoms with van der Waals surface area (Å²) in [6.07, 6.45) is -0.821. The number of benzene rings is 3. The van der Waals surface area contributed by atoms with Crippen molar-refractivity contribution < 1.29 is 22.7 Å². The summed E-state index contributed by atoms with van der Waals surface area (Å²) in [5.41, 5.74) is 1.51. The normalized spacial score (nSPS) is 12.1. The molecule has 0 fully saturated rings. The molecule has 0 aliphatic rings. The zero-order valence-electron chi connectivity index (χ0n) is 16.1. The van der Waals surface area contributed by atoms with Gasteiger partial charge in [0.1, 0.15) is 5.75 Å². The number of nitrogens with one attached hydrogen (secondary N) is 1. The third-order valence-corrected chi connectivity index (χ3v) is 5.21. The van der Waals surface area contributed by atoms with Crippen molar-refractivity contribution in [2.45, 2.75) is 17.9 Å². The van der Waals surface area contributed by atoms with Crippen molar-refractivity contribution >= 4 is 27.4 Å². The molecule has 0 bridgehead atoms. The number of carbonyl (C=O) groups excluding carboxylic acids is 2. The third kappa shape index (κ3) is 5.31. The molecule has 0 saturated heterocycles. The number of nitrogens with two attached hydrogens (primary N) is 1. The lowest BCUT2D eigenvalue weighted by molar-refractivity contribution is -0.122. The first-order chi connectivity index (χ1) is 14.2. The van der Waals surface area contributed by atoms with Gasteiger partial charge in [-0.25, -0.2) is 13.6 Å². The van der Waals surface area contributed by atoms with Crippen molar-refractivity contribution in [1.29, 1.82) is 0 Å². The fourth-order valence-electron chi connectivity index (χ4n) is 2.67. The number of sulfonamides is 1. The zero-order chi connectivity index (χ0) is 21.7. The first-order valence-electron chi connectivity index (χ1n) is 9.04. The van der Waals surface area contributed by atoms with E-state index in [1.165, 1.54) is 24.3 Å². The largest absolute Gasteiger partial charge is 0.481 e. The van der Waals surface area contributed by atoms with Crippen molar-refractivity contribution in [3.63, 3.8) is 0 Å². The Bertz CT molecular complexity index is 1140. The number of amides is 1. The molecular formula is C22H20N2O5S. The number of hydrogen-bond acceptors (Lipinski definition) is 5. The van der Waals surface area contributed by atoms with E-state index in [0.717, 1.165) is 0 Å². The average Bonchev–Trinajstić information content (AvgIpc) is 2.74. The summed E-state index contributed by atoms with van der Waals surface area (Å²) in [7, 11) is -3.79. The van der Waals surface area contributed by atoms with Gasteiger partial charge in [0.2, 0.25) is 10.0 Å². The number of ether oxygens (including phenoxy) is 1. The lowest BCUT2D eigenvalue weighted by atomic mass is 10.0. The van der Waals surface area contributed by atoms with Gasteiger partial charge in [0, 0.05) is 16.8 Å². The molecule has 0 aromatic heterocycles. The number of anilines is 1. The van der Waals surface area contributed by atoms with Crippen LogP contribution in [0.3, 0.4) is 0 Å². The van der Waals surface area contributed by atoms with Gasteiger partial charge >= 0.3 is 0 Å². The Kier molecular flexibility index (Phi) is 6.29. The Morgan fingerprint density at radius 1 is 0.867 bits per heavy atom. The molecule has 0 spiro atoms. The Hall–Kier alpha value is -3.49. The molecule has 0 aliphatic heterocycles. The van der Waals surface area contributed by atoms with E-state index in [1.807, 2.05) is 6.07 Å². The van der Waals surface area contributed by atoms with Crippen LogP contribution in [0.25, 0.3) is 0 Å². The molecule has 0 saturated carbocycles. The van der Waals surface area contributed by atoms with E-state index < -0.39 is 22.0 Å². The summed E-state index contributed by atoms with van der Waals surface area (Å²) < 4.78 is 28.2. The van der Waals surface area contributed by atoms with E-state index in [9.17, 15) is 18.0 Å². The van der Waals surface area contributed by atoms with Crippen LogP contribution in [-0.4, -0.2) is 26.2 Å². The predicted molar refractivity (Wildman–Crippen MR) is 113 cm³/mol. The van der Waals surface area contributed by atoms with Gasteiger partial charge in [0.05, 0.1) is 4.90 Å². The highest BCUT2D eigenvalue weighted by atomic mass is 32.2. The maximum absolute atomic E-state index is 12.4. The monoisotopic (exact) mass is 424 g/mol. The van der Waals surface area contributed by atoms with Gasteiger partial charge in [-0.2, -0.15) is 0 Å². The fraction of sp³-hybridized carbons (Fsp3) is 0.0909. The molecule has 7 nitrogen and oxygen atoms in total. The lowest BCUT2D eigenvalue weighted by Crippen LogP contribution is -2.30. The Morgan fingerprint density at radius 2 is 1.43 bits per heavy atom. The number of ketones is 1. The quantitative estimate of drug-likeness (QED) is 0.566. The summed E-state index contributed by atoms with van der Waals surface area (Å²) in [4.78, 5) is 24.7. The van der Waals surface area contributed by atoms with Crippen molar-refractivity contribution in [1.82, 2.24) is 0 Å². The summed E-state index contributed by atoms with van der Waals surface area (Å²) in [5, 5.41) is 7.69. The lowest BCUT2D eigenvalue weighted by Gasteiger charge is -2.15. The molecule has 3 rings (SSSR count). The molecule has 1 atom stereocenters. The standard InChI is InChI=1S/C22H20N2O5S/c1-15(22(26)24-18-9-13-20(14-10-18)30(23,27)28)29-19-11-7-17(8-12-19)21(25)16-5-3-2-4-6-16/h2-15H,1H3,(H,24,26)(H2,23,27,28)/t15-/m1/s1. The van der Waals surface area contributed by atoms with Gasteiger partial charge in [-0.05, 0) is 55.5 Å². The zero-order valence-corrected chi connectivity index (χ0v) is 16.9. The van der Waals surface area contributed by atoms with Crippen LogP contribution < -0.4 is 15.2 Å². The molecule has 1 amide bonds. The fourth-order valence-corrected chi connectivity index (χ4v) is 3.19. The Labute approximate surface area is 174 Å². The number of hydrogen-bond donors (Lipinski definition) is 2. The van der Waals surface area contributed by atoms with Crippen molar-refractivity contribution in [2.24, 2.45) is 5.14 Å². The summed E-state index contributed by atoms with van der Waals surface area (Å²) >= 11 is 0. The van der Waals surface area contributed by atoms with E-state index in [-0.39, 0.29) is 10.7 Å². The Morgan fingerprint density at radius 3 is 2.00 bits per heavy atom. The third-order valence-electron chi connectivity index (χ3n) is 4.28. The van der Waals surface area contributed by atoms with Gasteiger partial charge in [0.15, 0.2) is 11.9 Å². The number of primary sulfonamides is 1. The van der Waals surface area contributed by atoms with Gasteiger partial charge in [-0.15, -0.1) is 0 Å². The second-order valence-electron chi connectivity index (χ2n) is 6.54. The maximum Gasteiger partial charge on any atom is 0.265 e. The molecule has 0 radical (unpaired) electrons. The van der Waals surface area contributed by atoms with Crippen molar-refractivity contribution in [2.75, 3.05) is 5.32 Å². The molecule has 0 unspecified atom stereocenters. The smallest absolute Gasteiger partial charge is 0.265 e. The predicted octanol–water partition coefficient (Wildman–Crippen LogP) is 2.97. The summed E-state index contributed by atoms with van der Waals surface area (Å²) in [5.74, 6) is -0.0782. The van der Waals surface area contributed by atoms with Crippen LogP contribution in [0.15, 0.2) is 83.8 Å². The van der Waals surface area contributed by atoms with Crippen LogP contribution in [0.4, 0.5) is 5.69 Å². The number of carbonyl (C=O) groups is 2. The minimum atomic E-state index is -3.79. The molecular weight excluding hydrogens is 404 g/mol. The highest BCUT2D eigenvalue weighted by molar-refractivity contribution is 7.89. The van der Waals surface area contributed by atoms with Crippen molar-refractivity contribution in [3.05, 3.63) is 90.0 Å².